The van der Waals surface area contributed by atoms with Crippen LogP contribution in [0.3, 0.4) is 0 Å². The molecule has 2 rings (SSSR count). The highest BCUT2D eigenvalue weighted by molar-refractivity contribution is 6.37. The molecule has 0 aromatic carbocycles. The van der Waals surface area contributed by atoms with Crippen LogP contribution in [0, 0.1) is 0 Å². The maximum Gasteiger partial charge on any atom is 0.147 e. The Balaban J connectivity index is 2.00. The van der Waals surface area contributed by atoms with Crippen molar-refractivity contribution < 1.29 is 4.42 Å². The van der Waals surface area contributed by atoms with E-state index in [0.29, 0.717) is 28.2 Å². The van der Waals surface area contributed by atoms with Gasteiger partial charge in [0.15, 0.2) is 0 Å². The van der Waals surface area contributed by atoms with Gasteiger partial charge >= 0.3 is 0 Å². The fraction of sp³-hybridized carbons (Fsp3) is 0.250. The highest BCUT2D eigenvalue weighted by atomic mass is 35.5. The maximum absolute atomic E-state index is 6.06. The largest absolute Gasteiger partial charge is 0.469 e. The van der Waals surface area contributed by atoms with Crippen molar-refractivity contribution in [1.82, 2.24) is 4.98 Å². The Hall–Kier alpha value is -1.39. The Bertz CT molecular complexity index is 514. The van der Waals surface area contributed by atoms with Gasteiger partial charge in [-0.15, -0.1) is 0 Å². The maximum atomic E-state index is 6.06. The lowest BCUT2D eigenvalue weighted by Gasteiger charge is -2.10. The molecule has 0 atom stereocenters. The van der Waals surface area contributed by atoms with Crippen molar-refractivity contribution in [1.29, 1.82) is 0 Å². The quantitative estimate of drug-likeness (QED) is 0.880. The van der Waals surface area contributed by atoms with Crippen LogP contribution in [0.1, 0.15) is 5.76 Å². The van der Waals surface area contributed by atoms with Crippen molar-refractivity contribution in [3.8, 4) is 0 Å². The molecule has 0 radical (unpaired) electrons. The second-order valence-electron chi connectivity index (χ2n) is 3.66. The molecule has 0 bridgehead atoms. The summed E-state index contributed by atoms with van der Waals surface area (Å²) in [5.41, 5.74) is 0. The van der Waals surface area contributed by atoms with Crippen molar-refractivity contribution in [2.45, 2.75) is 6.42 Å². The number of aromatic nitrogens is 1. The summed E-state index contributed by atoms with van der Waals surface area (Å²) in [7, 11) is 1.76. The van der Waals surface area contributed by atoms with Crippen molar-refractivity contribution in [2.24, 2.45) is 0 Å². The smallest absolute Gasteiger partial charge is 0.147 e. The van der Waals surface area contributed by atoms with Crippen molar-refractivity contribution >= 4 is 34.8 Å². The lowest BCUT2D eigenvalue weighted by molar-refractivity contribution is 0.513. The van der Waals surface area contributed by atoms with Crippen LogP contribution >= 0.6 is 23.2 Å². The molecule has 0 aliphatic carbocycles. The average molecular weight is 286 g/mol. The summed E-state index contributed by atoms with van der Waals surface area (Å²) in [4.78, 5) is 4.29. The number of anilines is 2. The molecule has 0 fully saturated rings. The van der Waals surface area contributed by atoms with Crippen LogP contribution in [0.2, 0.25) is 10.0 Å². The van der Waals surface area contributed by atoms with Gasteiger partial charge in [-0.05, 0) is 18.2 Å². The lowest BCUT2D eigenvalue weighted by atomic mass is 10.3. The molecule has 0 aliphatic heterocycles. The first-order valence-corrected chi connectivity index (χ1v) is 6.26. The van der Waals surface area contributed by atoms with Crippen LogP contribution in [0.5, 0.6) is 0 Å². The SMILES string of the molecule is CNc1nc(NCCc2ccco2)c(Cl)cc1Cl. The number of hydrogen-bond donors (Lipinski definition) is 2. The summed E-state index contributed by atoms with van der Waals surface area (Å²) in [5.74, 6) is 2.12. The summed E-state index contributed by atoms with van der Waals surface area (Å²) in [5, 5.41) is 7.06. The monoisotopic (exact) mass is 285 g/mol. The van der Waals surface area contributed by atoms with E-state index in [1.165, 1.54) is 0 Å². The molecule has 18 heavy (non-hydrogen) atoms. The molecule has 0 saturated carbocycles. The molecule has 2 aromatic rings. The molecule has 0 unspecified atom stereocenters. The van der Waals surface area contributed by atoms with Gasteiger partial charge in [0.25, 0.3) is 0 Å². The van der Waals surface area contributed by atoms with E-state index in [2.05, 4.69) is 15.6 Å². The first-order valence-electron chi connectivity index (χ1n) is 5.50. The van der Waals surface area contributed by atoms with Gasteiger partial charge in [0.2, 0.25) is 0 Å². The Morgan fingerprint density at radius 1 is 1.28 bits per heavy atom. The zero-order valence-corrected chi connectivity index (χ0v) is 11.3. The molecular formula is C12H13Cl2N3O. The van der Waals surface area contributed by atoms with Crippen LogP contribution < -0.4 is 10.6 Å². The third-order valence-electron chi connectivity index (χ3n) is 2.41. The number of nitrogens with one attached hydrogen (secondary N) is 2. The molecule has 2 N–H and O–H groups in total. The normalized spacial score (nSPS) is 10.4. The van der Waals surface area contributed by atoms with Crippen molar-refractivity contribution in [3.63, 3.8) is 0 Å². The van der Waals surface area contributed by atoms with E-state index >= 15 is 0 Å². The van der Waals surface area contributed by atoms with Crippen molar-refractivity contribution in [2.75, 3.05) is 24.2 Å². The van der Waals surface area contributed by atoms with Gasteiger partial charge in [-0.3, -0.25) is 0 Å². The van der Waals surface area contributed by atoms with Crippen molar-refractivity contribution in [3.05, 3.63) is 40.3 Å². The standard InChI is InChI=1S/C12H13Cl2N3O/c1-15-11-9(13)7-10(14)12(17-11)16-5-4-8-3-2-6-18-8/h2-3,6-7H,4-5H2,1H3,(H2,15,16,17). The van der Waals surface area contributed by atoms with E-state index in [0.717, 1.165) is 12.2 Å². The van der Waals surface area contributed by atoms with Crippen LogP contribution in [-0.4, -0.2) is 18.6 Å². The van der Waals surface area contributed by atoms with Crippen LogP contribution in [-0.2, 0) is 6.42 Å². The zero-order chi connectivity index (χ0) is 13.0. The minimum atomic E-state index is 0.499. The van der Waals surface area contributed by atoms with Gasteiger partial charge in [-0.2, -0.15) is 0 Å². The summed E-state index contributed by atoms with van der Waals surface area (Å²) < 4.78 is 5.24. The summed E-state index contributed by atoms with van der Waals surface area (Å²) >= 11 is 12.0. The van der Waals surface area contributed by atoms with Gasteiger partial charge in [0.05, 0.1) is 16.3 Å². The van der Waals surface area contributed by atoms with Gasteiger partial charge in [-0.25, -0.2) is 4.98 Å². The molecule has 96 valence electrons. The number of halogens is 2. The molecule has 4 nitrogen and oxygen atoms in total. The van der Waals surface area contributed by atoms with Crippen LogP contribution in [0.15, 0.2) is 28.9 Å². The third kappa shape index (κ3) is 3.09. The van der Waals surface area contributed by atoms with Gasteiger partial charge < -0.3 is 15.1 Å². The topological polar surface area (TPSA) is 50.1 Å². The lowest BCUT2D eigenvalue weighted by Crippen LogP contribution is -2.07. The molecule has 0 amide bonds. The molecule has 6 heteroatoms. The number of rotatable bonds is 5. The summed E-state index contributed by atoms with van der Waals surface area (Å²) in [6.45, 7) is 0.686. The summed E-state index contributed by atoms with van der Waals surface area (Å²) in [6.07, 6.45) is 2.42. The summed E-state index contributed by atoms with van der Waals surface area (Å²) in [6, 6.07) is 5.46. The van der Waals surface area contributed by atoms with Gasteiger partial charge in [-0.1, -0.05) is 23.2 Å². The predicted octanol–water partition coefficient (Wildman–Crippen LogP) is 3.68. The van der Waals surface area contributed by atoms with Crippen LogP contribution in [0.4, 0.5) is 11.6 Å². The molecule has 0 saturated heterocycles. The van der Waals surface area contributed by atoms with Crippen LogP contribution in [0.25, 0.3) is 0 Å². The van der Waals surface area contributed by atoms with Gasteiger partial charge in [0, 0.05) is 20.0 Å². The first-order chi connectivity index (χ1) is 8.70. The van der Waals surface area contributed by atoms with E-state index in [-0.39, 0.29) is 0 Å². The average Bonchev–Trinajstić information content (AvgIpc) is 2.85. The zero-order valence-electron chi connectivity index (χ0n) is 9.84. The minimum absolute atomic E-state index is 0.499. The highest BCUT2D eigenvalue weighted by Crippen LogP contribution is 2.28. The van der Waals surface area contributed by atoms with Gasteiger partial charge in [0.1, 0.15) is 17.4 Å². The fourth-order valence-electron chi connectivity index (χ4n) is 1.52. The predicted molar refractivity (Wildman–Crippen MR) is 74.7 cm³/mol. The Kier molecular flexibility index (Phi) is 4.33. The molecule has 2 heterocycles. The number of furan rings is 1. The van der Waals surface area contributed by atoms with E-state index in [1.807, 2.05) is 12.1 Å². The molecule has 0 aliphatic rings. The van der Waals surface area contributed by atoms with E-state index < -0.39 is 0 Å². The Labute approximate surface area is 115 Å². The van der Waals surface area contributed by atoms with E-state index in [1.54, 1.807) is 19.4 Å². The second kappa shape index (κ2) is 5.98. The Morgan fingerprint density at radius 3 is 2.72 bits per heavy atom. The second-order valence-corrected chi connectivity index (χ2v) is 4.47. The fourth-order valence-corrected chi connectivity index (χ4v) is 2.04. The molecule has 0 spiro atoms. The van der Waals surface area contributed by atoms with E-state index in [9.17, 15) is 0 Å². The van der Waals surface area contributed by atoms with E-state index in [4.69, 9.17) is 27.6 Å². The highest BCUT2D eigenvalue weighted by Gasteiger charge is 2.08. The molecular weight excluding hydrogens is 273 g/mol. The first kappa shape index (κ1) is 13.1. The number of hydrogen-bond acceptors (Lipinski definition) is 4. The Morgan fingerprint density at radius 2 is 2.06 bits per heavy atom. The molecule has 2 aromatic heterocycles. The number of nitrogens with zero attached hydrogens (tertiary/aromatic N) is 1. The third-order valence-corrected chi connectivity index (χ3v) is 2.99. The minimum Gasteiger partial charge on any atom is -0.469 e. The number of pyridine rings is 1.